The molecule has 2 nitrogen and oxygen atoms in total. The van der Waals surface area contributed by atoms with Crippen LogP contribution in [0.25, 0.3) is 0 Å². The van der Waals surface area contributed by atoms with E-state index in [0.29, 0.717) is 10.0 Å². The minimum atomic E-state index is -4.73. The average Bonchev–Trinajstić information content (AvgIpc) is 2.36. The van der Waals surface area contributed by atoms with Crippen molar-refractivity contribution in [2.75, 3.05) is 5.32 Å². The molecule has 2 aromatic rings. The van der Waals surface area contributed by atoms with Crippen molar-refractivity contribution in [1.29, 1.82) is 0 Å². The van der Waals surface area contributed by atoms with E-state index in [4.69, 9.17) is 0 Å². The third kappa shape index (κ3) is 4.93. The smallest absolute Gasteiger partial charge is 0.406 e. The molecule has 0 atom stereocenters. The van der Waals surface area contributed by atoms with E-state index in [0.717, 1.165) is 0 Å². The Labute approximate surface area is 126 Å². The number of alkyl halides is 3. The topological polar surface area (TPSA) is 21.3 Å². The first-order chi connectivity index (χ1) is 9.83. The fourth-order valence-electron chi connectivity index (χ4n) is 1.68. The molecule has 2 rings (SSSR count). The molecule has 0 spiro atoms. The molecule has 0 radical (unpaired) electrons. The number of hydrogen-bond acceptors (Lipinski definition) is 2. The van der Waals surface area contributed by atoms with Crippen LogP contribution >= 0.6 is 15.9 Å². The molecule has 0 amide bonds. The molecular formula is C14H10BrF4NO. The lowest BCUT2D eigenvalue weighted by Gasteiger charge is -2.11. The van der Waals surface area contributed by atoms with E-state index in [1.165, 1.54) is 30.3 Å². The first-order valence-electron chi connectivity index (χ1n) is 5.87. The normalized spacial score (nSPS) is 11.3. The van der Waals surface area contributed by atoms with Gasteiger partial charge in [-0.2, -0.15) is 0 Å². The number of ether oxygens (including phenoxy) is 1. The van der Waals surface area contributed by atoms with E-state index < -0.39 is 12.2 Å². The Bertz CT molecular complexity index is 631. The van der Waals surface area contributed by atoms with E-state index in [-0.39, 0.29) is 18.0 Å². The van der Waals surface area contributed by atoms with Crippen molar-refractivity contribution in [1.82, 2.24) is 0 Å². The van der Waals surface area contributed by atoms with Gasteiger partial charge in [0.15, 0.2) is 0 Å². The molecule has 0 aliphatic rings. The summed E-state index contributed by atoms with van der Waals surface area (Å²) >= 11 is 3.14. The molecule has 0 saturated heterocycles. The minimum Gasteiger partial charge on any atom is -0.406 e. The molecule has 112 valence electrons. The van der Waals surface area contributed by atoms with Gasteiger partial charge in [0.1, 0.15) is 11.6 Å². The summed E-state index contributed by atoms with van der Waals surface area (Å²) in [5.41, 5.74) is 0.805. The maximum atomic E-state index is 13.6. The van der Waals surface area contributed by atoms with Gasteiger partial charge in [0.25, 0.3) is 0 Å². The summed E-state index contributed by atoms with van der Waals surface area (Å²) in [5, 5.41) is 2.81. The lowest BCUT2D eigenvalue weighted by atomic mass is 10.2. The summed E-state index contributed by atoms with van der Waals surface area (Å²) in [5.74, 6) is -0.759. The fourth-order valence-corrected chi connectivity index (χ4v) is 2.02. The van der Waals surface area contributed by atoms with Gasteiger partial charge in [0.2, 0.25) is 0 Å². The van der Waals surface area contributed by atoms with Crippen molar-refractivity contribution in [3.05, 3.63) is 58.3 Å². The van der Waals surface area contributed by atoms with Crippen LogP contribution in [0.2, 0.25) is 0 Å². The highest BCUT2D eigenvalue weighted by Crippen LogP contribution is 2.24. The SMILES string of the molecule is Fc1cc(Br)ccc1NCc1cccc(OC(F)(F)F)c1. The van der Waals surface area contributed by atoms with Crippen LogP contribution in [-0.4, -0.2) is 6.36 Å². The number of nitrogens with one attached hydrogen (secondary N) is 1. The van der Waals surface area contributed by atoms with Gasteiger partial charge in [-0.15, -0.1) is 13.2 Å². The van der Waals surface area contributed by atoms with E-state index in [1.807, 2.05) is 0 Å². The molecule has 0 aromatic heterocycles. The second kappa shape index (κ2) is 6.34. The Balaban J connectivity index is 2.05. The minimum absolute atomic E-state index is 0.174. The Hall–Kier alpha value is -1.76. The lowest BCUT2D eigenvalue weighted by Crippen LogP contribution is -2.17. The molecule has 1 N–H and O–H groups in total. The van der Waals surface area contributed by atoms with Gasteiger partial charge in [-0.1, -0.05) is 28.1 Å². The number of rotatable bonds is 4. The molecule has 21 heavy (non-hydrogen) atoms. The van der Waals surface area contributed by atoms with Crippen molar-refractivity contribution in [3.8, 4) is 5.75 Å². The molecule has 0 aliphatic heterocycles. The summed E-state index contributed by atoms with van der Waals surface area (Å²) in [6, 6.07) is 10.0. The second-order valence-electron chi connectivity index (χ2n) is 4.17. The first kappa shape index (κ1) is 15.6. The molecule has 0 unspecified atom stereocenters. The van der Waals surface area contributed by atoms with E-state index >= 15 is 0 Å². The molecule has 7 heteroatoms. The molecule has 0 heterocycles. The van der Waals surface area contributed by atoms with Crippen molar-refractivity contribution in [2.45, 2.75) is 12.9 Å². The third-order valence-electron chi connectivity index (χ3n) is 2.55. The van der Waals surface area contributed by atoms with Crippen LogP contribution in [-0.2, 0) is 6.54 Å². The summed E-state index contributed by atoms with van der Waals surface area (Å²) in [6.45, 7) is 0.174. The summed E-state index contributed by atoms with van der Waals surface area (Å²) in [4.78, 5) is 0. The van der Waals surface area contributed by atoms with Crippen LogP contribution in [0.3, 0.4) is 0 Å². The highest BCUT2D eigenvalue weighted by atomic mass is 79.9. The van der Waals surface area contributed by atoms with Crippen molar-refractivity contribution >= 4 is 21.6 Å². The van der Waals surface area contributed by atoms with Crippen LogP contribution in [0.4, 0.5) is 23.2 Å². The van der Waals surface area contributed by atoms with Gasteiger partial charge in [0.05, 0.1) is 5.69 Å². The van der Waals surface area contributed by atoms with Crippen molar-refractivity contribution in [3.63, 3.8) is 0 Å². The van der Waals surface area contributed by atoms with Crippen LogP contribution < -0.4 is 10.1 Å². The largest absolute Gasteiger partial charge is 0.573 e. The van der Waals surface area contributed by atoms with Crippen LogP contribution in [0, 0.1) is 5.82 Å². The summed E-state index contributed by atoms with van der Waals surface area (Å²) < 4.78 is 54.4. The fraction of sp³-hybridized carbons (Fsp3) is 0.143. The highest BCUT2D eigenvalue weighted by Gasteiger charge is 2.31. The zero-order valence-electron chi connectivity index (χ0n) is 10.5. The van der Waals surface area contributed by atoms with Gasteiger partial charge in [-0.25, -0.2) is 4.39 Å². The molecule has 0 fully saturated rings. The monoisotopic (exact) mass is 363 g/mol. The Morgan fingerprint density at radius 2 is 1.86 bits per heavy atom. The van der Waals surface area contributed by atoms with Crippen molar-refractivity contribution < 1.29 is 22.3 Å². The Morgan fingerprint density at radius 1 is 1.10 bits per heavy atom. The number of halogens is 5. The molecule has 0 bridgehead atoms. The molecule has 0 saturated carbocycles. The zero-order valence-corrected chi connectivity index (χ0v) is 12.1. The maximum Gasteiger partial charge on any atom is 0.573 e. The van der Waals surface area contributed by atoms with Crippen LogP contribution in [0.5, 0.6) is 5.75 Å². The van der Waals surface area contributed by atoms with Gasteiger partial charge < -0.3 is 10.1 Å². The average molecular weight is 364 g/mol. The summed E-state index contributed by atoms with van der Waals surface area (Å²) in [7, 11) is 0. The molecule has 2 aromatic carbocycles. The van der Waals surface area contributed by atoms with Gasteiger partial charge in [-0.05, 0) is 35.9 Å². The van der Waals surface area contributed by atoms with Gasteiger partial charge >= 0.3 is 6.36 Å². The van der Waals surface area contributed by atoms with Crippen molar-refractivity contribution in [2.24, 2.45) is 0 Å². The summed E-state index contributed by atoms with van der Waals surface area (Å²) in [6.07, 6.45) is -4.73. The van der Waals surface area contributed by atoms with Crippen LogP contribution in [0.15, 0.2) is 46.9 Å². The number of hydrogen-bond donors (Lipinski definition) is 1. The van der Waals surface area contributed by atoms with Gasteiger partial charge in [-0.3, -0.25) is 0 Å². The standard InChI is InChI=1S/C14H10BrF4NO/c15-10-4-5-13(12(16)7-10)20-8-9-2-1-3-11(6-9)21-14(17,18)19/h1-7,20H,8H2. The van der Waals surface area contributed by atoms with E-state index in [2.05, 4.69) is 26.0 Å². The maximum absolute atomic E-state index is 13.6. The highest BCUT2D eigenvalue weighted by molar-refractivity contribution is 9.10. The number of anilines is 1. The zero-order chi connectivity index (χ0) is 15.5. The van der Waals surface area contributed by atoms with Crippen LogP contribution in [0.1, 0.15) is 5.56 Å². The number of benzene rings is 2. The molecule has 0 aliphatic carbocycles. The van der Waals surface area contributed by atoms with Gasteiger partial charge in [0, 0.05) is 11.0 Å². The molecular weight excluding hydrogens is 354 g/mol. The Kier molecular flexibility index (Phi) is 4.72. The van der Waals surface area contributed by atoms with E-state index in [1.54, 1.807) is 12.1 Å². The third-order valence-corrected chi connectivity index (χ3v) is 3.04. The first-order valence-corrected chi connectivity index (χ1v) is 6.66. The van der Waals surface area contributed by atoms with E-state index in [9.17, 15) is 17.6 Å². The Morgan fingerprint density at radius 3 is 2.52 bits per heavy atom. The predicted octanol–water partition coefficient (Wildman–Crippen LogP) is 5.10. The second-order valence-corrected chi connectivity index (χ2v) is 5.09. The quantitative estimate of drug-likeness (QED) is 0.763. The lowest BCUT2D eigenvalue weighted by molar-refractivity contribution is -0.274. The predicted molar refractivity (Wildman–Crippen MR) is 74.6 cm³/mol.